The van der Waals surface area contributed by atoms with Gasteiger partial charge in [-0.3, -0.25) is 0 Å². The maximum atomic E-state index is 8.79. The van der Waals surface area contributed by atoms with E-state index >= 15 is 0 Å². The Morgan fingerprint density at radius 1 is 1.33 bits per heavy atom. The van der Waals surface area contributed by atoms with Crippen molar-refractivity contribution in [3.05, 3.63) is 27.7 Å². The van der Waals surface area contributed by atoms with Crippen molar-refractivity contribution in [2.45, 2.75) is 6.61 Å². The van der Waals surface area contributed by atoms with Gasteiger partial charge in [0.2, 0.25) is 0 Å². The van der Waals surface area contributed by atoms with Gasteiger partial charge in [0.1, 0.15) is 0 Å². The largest absolute Gasteiger partial charge is 0.494 e. The van der Waals surface area contributed by atoms with E-state index in [-0.39, 0.29) is 6.61 Å². The van der Waals surface area contributed by atoms with Gasteiger partial charge >= 0.3 is 0 Å². The zero-order valence-corrected chi connectivity index (χ0v) is 7.99. The molecule has 2 nitrogen and oxygen atoms in total. The summed E-state index contributed by atoms with van der Waals surface area (Å²) in [4.78, 5) is 0. The van der Waals surface area contributed by atoms with Crippen LogP contribution in [0.25, 0.3) is 0 Å². The summed E-state index contributed by atoms with van der Waals surface area (Å²) in [5.74, 6) is 0.440. The summed E-state index contributed by atoms with van der Waals surface area (Å²) in [7, 11) is 1.49. The smallest absolute Gasteiger partial charge is 0.156 e. The average molecular weight is 207 g/mol. The van der Waals surface area contributed by atoms with Crippen LogP contribution < -0.4 is 4.74 Å². The standard InChI is InChI=1S/C8H8Cl2O2/c1-12-8-6(9)2-5(4-11)3-7(8)10/h2-3,11H,4H2,1H3. The van der Waals surface area contributed by atoms with Gasteiger partial charge in [0.15, 0.2) is 5.75 Å². The third-order valence-electron chi connectivity index (χ3n) is 1.44. The molecule has 0 amide bonds. The van der Waals surface area contributed by atoms with Crippen LogP contribution >= 0.6 is 23.2 Å². The third-order valence-corrected chi connectivity index (χ3v) is 2.01. The fourth-order valence-electron chi connectivity index (χ4n) is 0.899. The minimum atomic E-state index is -0.0799. The van der Waals surface area contributed by atoms with Crippen molar-refractivity contribution in [3.8, 4) is 5.75 Å². The van der Waals surface area contributed by atoms with Gasteiger partial charge in [-0.05, 0) is 17.7 Å². The molecular weight excluding hydrogens is 199 g/mol. The lowest BCUT2D eigenvalue weighted by molar-refractivity contribution is 0.281. The molecule has 1 aromatic carbocycles. The first-order valence-corrected chi connectivity index (χ1v) is 4.07. The van der Waals surface area contributed by atoms with E-state index in [0.717, 1.165) is 0 Å². The highest BCUT2D eigenvalue weighted by molar-refractivity contribution is 6.37. The average Bonchev–Trinajstić information content (AvgIpc) is 2.03. The minimum absolute atomic E-state index is 0.0799. The van der Waals surface area contributed by atoms with E-state index in [2.05, 4.69) is 0 Å². The van der Waals surface area contributed by atoms with Crippen LogP contribution in [0, 0.1) is 0 Å². The second kappa shape index (κ2) is 3.99. The second-order valence-electron chi connectivity index (χ2n) is 2.25. The van der Waals surface area contributed by atoms with E-state index < -0.39 is 0 Å². The Kier molecular flexibility index (Phi) is 3.20. The number of hydrogen-bond acceptors (Lipinski definition) is 2. The van der Waals surface area contributed by atoms with E-state index in [0.29, 0.717) is 21.4 Å². The first-order chi connectivity index (χ1) is 5.69. The van der Waals surface area contributed by atoms with Crippen LogP contribution in [-0.2, 0) is 6.61 Å². The van der Waals surface area contributed by atoms with Crippen molar-refractivity contribution in [2.24, 2.45) is 0 Å². The van der Waals surface area contributed by atoms with Crippen molar-refractivity contribution in [1.82, 2.24) is 0 Å². The lowest BCUT2D eigenvalue weighted by Crippen LogP contribution is -1.89. The molecule has 0 spiro atoms. The fraction of sp³-hybridized carbons (Fsp3) is 0.250. The predicted octanol–water partition coefficient (Wildman–Crippen LogP) is 2.49. The van der Waals surface area contributed by atoms with Crippen LogP contribution in [0.5, 0.6) is 5.75 Å². The first-order valence-electron chi connectivity index (χ1n) is 3.31. The predicted molar refractivity (Wildman–Crippen MR) is 48.9 cm³/mol. The molecule has 0 radical (unpaired) electrons. The van der Waals surface area contributed by atoms with Gasteiger partial charge in [0, 0.05) is 0 Å². The van der Waals surface area contributed by atoms with Crippen molar-refractivity contribution in [3.63, 3.8) is 0 Å². The maximum Gasteiger partial charge on any atom is 0.156 e. The molecule has 0 atom stereocenters. The topological polar surface area (TPSA) is 29.5 Å². The van der Waals surface area contributed by atoms with Crippen molar-refractivity contribution < 1.29 is 9.84 Å². The van der Waals surface area contributed by atoms with E-state index in [1.54, 1.807) is 12.1 Å². The summed E-state index contributed by atoms with van der Waals surface area (Å²) in [5, 5.41) is 9.61. The number of ether oxygens (including phenoxy) is 1. The summed E-state index contributed by atoms with van der Waals surface area (Å²) in [6, 6.07) is 3.23. The molecular formula is C8H8Cl2O2. The van der Waals surface area contributed by atoms with Gasteiger partial charge in [0.25, 0.3) is 0 Å². The van der Waals surface area contributed by atoms with Gasteiger partial charge in [-0.15, -0.1) is 0 Å². The molecule has 66 valence electrons. The number of rotatable bonds is 2. The molecule has 0 aliphatic rings. The van der Waals surface area contributed by atoms with E-state index in [1.165, 1.54) is 7.11 Å². The molecule has 1 aromatic rings. The van der Waals surface area contributed by atoms with Gasteiger partial charge in [-0.2, -0.15) is 0 Å². The molecule has 0 unspecified atom stereocenters. The van der Waals surface area contributed by atoms with Gasteiger partial charge < -0.3 is 9.84 Å². The molecule has 0 bridgehead atoms. The zero-order valence-electron chi connectivity index (χ0n) is 6.47. The Bertz CT molecular complexity index is 263. The molecule has 1 N–H and O–H groups in total. The number of methoxy groups -OCH3 is 1. The molecule has 0 heterocycles. The number of aliphatic hydroxyl groups excluding tert-OH is 1. The summed E-state index contributed by atoms with van der Waals surface area (Å²) in [5.41, 5.74) is 0.672. The van der Waals surface area contributed by atoms with E-state index in [1.807, 2.05) is 0 Å². The Hall–Kier alpha value is -0.440. The Morgan fingerprint density at radius 3 is 2.17 bits per heavy atom. The first kappa shape index (κ1) is 9.65. The van der Waals surface area contributed by atoms with Crippen LogP contribution in [0.15, 0.2) is 12.1 Å². The molecule has 0 saturated carbocycles. The summed E-state index contributed by atoms with van der Waals surface area (Å²) >= 11 is 11.6. The summed E-state index contributed by atoms with van der Waals surface area (Å²) in [6.07, 6.45) is 0. The normalized spacial score (nSPS) is 10.0. The number of hydrogen-bond donors (Lipinski definition) is 1. The van der Waals surface area contributed by atoms with Gasteiger partial charge in [-0.1, -0.05) is 23.2 Å². The van der Waals surface area contributed by atoms with Gasteiger partial charge in [0.05, 0.1) is 23.8 Å². The number of halogens is 2. The zero-order chi connectivity index (χ0) is 9.14. The maximum absolute atomic E-state index is 8.79. The molecule has 0 aliphatic heterocycles. The van der Waals surface area contributed by atoms with E-state index in [9.17, 15) is 0 Å². The number of aliphatic hydroxyl groups is 1. The van der Waals surface area contributed by atoms with E-state index in [4.69, 9.17) is 33.0 Å². The minimum Gasteiger partial charge on any atom is -0.494 e. The number of benzene rings is 1. The Balaban J connectivity index is 3.18. The van der Waals surface area contributed by atoms with Crippen LogP contribution in [-0.4, -0.2) is 12.2 Å². The highest BCUT2D eigenvalue weighted by Gasteiger charge is 2.07. The summed E-state index contributed by atoms with van der Waals surface area (Å²) in [6.45, 7) is -0.0799. The lowest BCUT2D eigenvalue weighted by Gasteiger charge is -2.06. The SMILES string of the molecule is COc1c(Cl)cc(CO)cc1Cl. The monoisotopic (exact) mass is 206 g/mol. The molecule has 4 heteroatoms. The molecule has 0 aliphatic carbocycles. The van der Waals surface area contributed by atoms with Gasteiger partial charge in [-0.25, -0.2) is 0 Å². The Labute approximate surface area is 80.7 Å². The van der Waals surface area contributed by atoms with Crippen molar-refractivity contribution in [2.75, 3.05) is 7.11 Å². The third kappa shape index (κ3) is 1.83. The van der Waals surface area contributed by atoms with Crippen LogP contribution in [0.4, 0.5) is 0 Å². The van der Waals surface area contributed by atoms with Crippen molar-refractivity contribution >= 4 is 23.2 Å². The van der Waals surface area contributed by atoms with Crippen LogP contribution in [0.1, 0.15) is 5.56 Å². The van der Waals surface area contributed by atoms with Crippen LogP contribution in [0.3, 0.4) is 0 Å². The molecule has 1 rings (SSSR count). The quantitative estimate of drug-likeness (QED) is 0.807. The van der Waals surface area contributed by atoms with Crippen LogP contribution in [0.2, 0.25) is 10.0 Å². The molecule has 0 aromatic heterocycles. The lowest BCUT2D eigenvalue weighted by atomic mass is 10.2. The Morgan fingerprint density at radius 2 is 1.83 bits per heavy atom. The molecule has 12 heavy (non-hydrogen) atoms. The van der Waals surface area contributed by atoms with Crippen molar-refractivity contribution in [1.29, 1.82) is 0 Å². The highest BCUT2D eigenvalue weighted by atomic mass is 35.5. The molecule has 0 fully saturated rings. The highest BCUT2D eigenvalue weighted by Crippen LogP contribution is 2.33. The fourth-order valence-corrected chi connectivity index (χ4v) is 1.59. The summed E-state index contributed by atoms with van der Waals surface area (Å²) < 4.78 is 4.93. The molecule has 0 saturated heterocycles. The second-order valence-corrected chi connectivity index (χ2v) is 3.07.